The third kappa shape index (κ3) is 4.17. The average Bonchev–Trinajstić information content (AvgIpc) is 2.47. The Bertz CT molecular complexity index is 586. The number of hydrogen-bond donors (Lipinski definition) is 2. The van der Waals surface area contributed by atoms with E-state index in [1.54, 1.807) is 13.2 Å². The maximum absolute atomic E-state index is 5.22. The van der Waals surface area contributed by atoms with Gasteiger partial charge in [0.1, 0.15) is 12.1 Å². The largest absolute Gasteiger partial charge is 0.481 e. The minimum Gasteiger partial charge on any atom is -0.481 e. The summed E-state index contributed by atoms with van der Waals surface area (Å²) in [5.74, 6) is 1.09. The molecule has 104 valence electrons. The van der Waals surface area contributed by atoms with Crippen molar-refractivity contribution in [2.24, 2.45) is 0 Å². The summed E-state index contributed by atoms with van der Waals surface area (Å²) in [4.78, 5) is 7.99. The van der Waals surface area contributed by atoms with Gasteiger partial charge in [0.05, 0.1) is 7.11 Å². The van der Waals surface area contributed by atoms with Gasteiger partial charge in [-0.3, -0.25) is 0 Å². The van der Waals surface area contributed by atoms with Gasteiger partial charge in [-0.1, -0.05) is 29.8 Å². The fraction of sp³-hybridized carbons (Fsp3) is 0.214. The molecule has 0 aliphatic rings. The van der Waals surface area contributed by atoms with Crippen molar-refractivity contribution in [3.63, 3.8) is 0 Å². The van der Waals surface area contributed by atoms with Crippen LogP contribution in [0.4, 0.5) is 5.82 Å². The number of rotatable bonds is 4. The molecule has 2 N–H and O–H groups in total. The molecule has 2 rings (SSSR count). The van der Waals surface area contributed by atoms with Gasteiger partial charge in [-0.15, -0.1) is 0 Å². The molecule has 0 fully saturated rings. The highest BCUT2D eigenvalue weighted by Gasteiger charge is 2.01. The zero-order chi connectivity index (χ0) is 14.4. The van der Waals surface area contributed by atoms with E-state index in [-0.39, 0.29) is 0 Å². The van der Waals surface area contributed by atoms with Gasteiger partial charge in [-0.2, -0.15) is 0 Å². The number of aromatic nitrogens is 2. The van der Waals surface area contributed by atoms with Gasteiger partial charge in [-0.25, -0.2) is 9.97 Å². The lowest BCUT2D eigenvalue weighted by atomic mass is 10.1. The Hall–Kier alpha value is -2.21. The molecule has 0 spiro atoms. The predicted octanol–water partition coefficient (Wildman–Crippen LogP) is 2.28. The van der Waals surface area contributed by atoms with Crippen LogP contribution in [0.2, 0.25) is 0 Å². The van der Waals surface area contributed by atoms with Crippen molar-refractivity contribution in [1.82, 2.24) is 15.3 Å². The fourth-order valence-electron chi connectivity index (χ4n) is 1.57. The molecule has 0 amide bonds. The van der Waals surface area contributed by atoms with Crippen molar-refractivity contribution in [3.05, 3.63) is 47.8 Å². The molecule has 20 heavy (non-hydrogen) atoms. The molecule has 0 aliphatic heterocycles. The zero-order valence-corrected chi connectivity index (χ0v) is 12.2. The maximum atomic E-state index is 5.22. The second-order valence-electron chi connectivity index (χ2n) is 4.24. The smallest absolute Gasteiger partial charge is 0.218 e. The third-order valence-corrected chi connectivity index (χ3v) is 2.91. The summed E-state index contributed by atoms with van der Waals surface area (Å²) < 4.78 is 5.02. The van der Waals surface area contributed by atoms with Gasteiger partial charge in [0.25, 0.3) is 0 Å². The minimum absolute atomic E-state index is 0.490. The molecule has 0 bridgehead atoms. The van der Waals surface area contributed by atoms with Gasteiger partial charge < -0.3 is 15.4 Å². The van der Waals surface area contributed by atoms with Crippen LogP contribution < -0.4 is 15.4 Å². The van der Waals surface area contributed by atoms with Gasteiger partial charge in [0.15, 0.2) is 5.11 Å². The highest BCUT2D eigenvalue weighted by Crippen LogP contribution is 2.10. The SMILES string of the molecule is COc1cc(NC(=S)NCc2ccc(C)cc2)ncn1. The highest BCUT2D eigenvalue weighted by molar-refractivity contribution is 7.80. The Morgan fingerprint density at radius 3 is 2.70 bits per heavy atom. The lowest BCUT2D eigenvalue weighted by molar-refractivity contribution is 0.397. The fourth-order valence-corrected chi connectivity index (χ4v) is 1.74. The lowest BCUT2D eigenvalue weighted by Gasteiger charge is -2.10. The Morgan fingerprint density at radius 2 is 2.00 bits per heavy atom. The summed E-state index contributed by atoms with van der Waals surface area (Å²) in [6, 6.07) is 9.96. The van der Waals surface area contributed by atoms with E-state index in [9.17, 15) is 0 Å². The van der Waals surface area contributed by atoms with E-state index in [4.69, 9.17) is 17.0 Å². The van der Waals surface area contributed by atoms with E-state index in [1.165, 1.54) is 17.5 Å². The number of hydrogen-bond acceptors (Lipinski definition) is 4. The van der Waals surface area contributed by atoms with E-state index in [1.807, 2.05) is 0 Å². The second kappa shape index (κ2) is 6.81. The van der Waals surface area contributed by atoms with Crippen molar-refractivity contribution in [3.8, 4) is 5.88 Å². The van der Waals surface area contributed by atoms with Crippen molar-refractivity contribution in [2.75, 3.05) is 12.4 Å². The van der Waals surface area contributed by atoms with Gasteiger partial charge in [0, 0.05) is 12.6 Å². The molecule has 0 saturated carbocycles. The molecule has 0 atom stereocenters. The van der Waals surface area contributed by atoms with E-state index in [2.05, 4.69) is 51.8 Å². The van der Waals surface area contributed by atoms with E-state index < -0.39 is 0 Å². The van der Waals surface area contributed by atoms with Crippen LogP contribution in [0.25, 0.3) is 0 Å². The topological polar surface area (TPSA) is 59.1 Å². The summed E-state index contributed by atoms with van der Waals surface area (Å²) in [6.45, 7) is 2.72. The standard InChI is InChI=1S/C14H16N4OS/c1-10-3-5-11(6-4-10)8-15-14(20)18-12-7-13(19-2)17-9-16-12/h3-7,9H,8H2,1-2H3,(H2,15,16,17,18,20). The molecule has 2 aromatic rings. The second-order valence-corrected chi connectivity index (χ2v) is 4.65. The van der Waals surface area contributed by atoms with Crippen LogP contribution in [0, 0.1) is 6.92 Å². The zero-order valence-electron chi connectivity index (χ0n) is 11.4. The Balaban J connectivity index is 1.87. The third-order valence-electron chi connectivity index (χ3n) is 2.67. The maximum Gasteiger partial charge on any atom is 0.218 e. The van der Waals surface area contributed by atoms with Crippen LogP contribution in [0.15, 0.2) is 36.7 Å². The quantitative estimate of drug-likeness (QED) is 0.842. The number of ether oxygens (including phenoxy) is 1. The molecule has 1 aromatic carbocycles. The number of aryl methyl sites for hydroxylation is 1. The molecule has 1 heterocycles. The van der Waals surface area contributed by atoms with E-state index in [0.29, 0.717) is 23.4 Å². The van der Waals surface area contributed by atoms with Gasteiger partial charge in [-0.05, 0) is 24.7 Å². The van der Waals surface area contributed by atoms with Gasteiger partial charge in [0.2, 0.25) is 5.88 Å². The molecule has 0 aliphatic carbocycles. The first-order chi connectivity index (χ1) is 9.67. The Morgan fingerprint density at radius 1 is 1.25 bits per heavy atom. The van der Waals surface area contributed by atoms with Crippen molar-refractivity contribution >= 4 is 23.1 Å². The minimum atomic E-state index is 0.490. The summed E-state index contributed by atoms with van der Waals surface area (Å²) in [5.41, 5.74) is 2.41. The number of benzene rings is 1. The van der Waals surface area contributed by atoms with E-state index in [0.717, 1.165) is 0 Å². The van der Waals surface area contributed by atoms with Crippen molar-refractivity contribution in [2.45, 2.75) is 13.5 Å². The normalized spacial score (nSPS) is 9.90. The number of anilines is 1. The molecular formula is C14H16N4OS. The van der Waals surface area contributed by atoms with Gasteiger partial charge >= 0.3 is 0 Å². The average molecular weight is 288 g/mol. The Kier molecular flexibility index (Phi) is 4.84. The summed E-state index contributed by atoms with van der Waals surface area (Å²) >= 11 is 5.22. The van der Waals surface area contributed by atoms with Crippen LogP contribution in [-0.4, -0.2) is 22.2 Å². The van der Waals surface area contributed by atoms with E-state index >= 15 is 0 Å². The summed E-state index contributed by atoms with van der Waals surface area (Å²) in [6.07, 6.45) is 1.42. The van der Waals surface area contributed by atoms with Crippen LogP contribution >= 0.6 is 12.2 Å². The number of nitrogens with zero attached hydrogens (tertiary/aromatic N) is 2. The van der Waals surface area contributed by atoms with Crippen LogP contribution in [0.3, 0.4) is 0 Å². The first-order valence-corrected chi connectivity index (χ1v) is 6.54. The molecule has 1 aromatic heterocycles. The summed E-state index contributed by atoms with van der Waals surface area (Å²) in [5, 5.41) is 6.62. The number of nitrogens with one attached hydrogen (secondary N) is 2. The van der Waals surface area contributed by atoms with Crippen molar-refractivity contribution in [1.29, 1.82) is 0 Å². The monoisotopic (exact) mass is 288 g/mol. The predicted molar refractivity (Wildman–Crippen MR) is 82.8 cm³/mol. The molecule has 0 unspecified atom stereocenters. The highest BCUT2D eigenvalue weighted by atomic mass is 32.1. The Labute approximate surface area is 123 Å². The van der Waals surface area contributed by atoms with Crippen LogP contribution in [0.1, 0.15) is 11.1 Å². The van der Waals surface area contributed by atoms with Crippen molar-refractivity contribution < 1.29 is 4.74 Å². The van der Waals surface area contributed by atoms with Crippen LogP contribution in [0.5, 0.6) is 5.88 Å². The number of methoxy groups -OCH3 is 1. The van der Waals surface area contributed by atoms with Crippen LogP contribution in [-0.2, 0) is 6.54 Å². The molecular weight excluding hydrogens is 272 g/mol. The molecule has 5 nitrogen and oxygen atoms in total. The first-order valence-electron chi connectivity index (χ1n) is 6.14. The molecule has 0 radical (unpaired) electrons. The number of thiocarbonyl (C=S) groups is 1. The lowest BCUT2D eigenvalue weighted by Crippen LogP contribution is -2.28. The molecule has 6 heteroatoms. The first kappa shape index (κ1) is 14.2. The molecule has 0 saturated heterocycles. The summed E-state index contributed by atoms with van der Waals surface area (Å²) in [7, 11) is 1.56.